The maximum atomic E-state index is 13.5. The molecule has 5 aliphatic carbocycles. The number of ether oxygens (including phenoxy) is 2. The Morgan fingerprint density at radius 2 is 1.55 bits per heavy atom. The van der Waals surface area contributed by atoms with Crippen LogP contribution in [0.1, 0.15) is 86.0 Å². The third kappa shape index (κ3) is 8.47. The van der Waals surface area contributed by atoms with E-state index in [-0.39, 0.29) is 35.3 Å². The molecule has 49 heavy (non-hydrogen) atoms. The Morgan fingerprint density at radius 3 is 2.27 bits per heavy atom. The van der Waals surface area contributed by atoms with Gasteiger partial charge in [-0.25, -0.2) is 14.2 Å². The van der Waals surface area contributed by atoms with Crippen LogP contribution in [-0.4, -0.2) is 81.5 Å². The molecule has 2 aromatic rings. The van der Waals surface area contributed by atoms with Gasteiger partial charge in [-0.05, 0) is 130 Å². The van der Waals surface area contributed by atoms with Crippen LogP contribution in [0.3, 0.4) is 0 Å². The van der Waals surface area contributed by atoms with Gasteiger partial charge in [-0.15, -0.1) is 0 Å². The quantitative estimate of drug-likeness (QED) is 0.152. The van der Waals surface area contributed by atoms with Crippen molar-refractivity contribution in [1.82, 2.24) is 15.5 Å². The first kappa shape index (κ1) is 34.4. The van der Waals surface area contributed by atoms with Gasteiger partial charge in [-0.3, -0.25) is 14.5 Å². The van der Waals surface area contributed by atoms with Crippen molar-refractivity contribution in [2.75, 3.05) is 52.5 Å². The second-order valence-corrected chi connectivity index (χ2v) is 15.1. The first-order chi connectivity index (χ1) is 23.9. The number of nitrogens with zero attached hydrogens (tertiary/aromatic N) is 1. The van der Waals surface area contributed by atoms with Gasteiger partial charge in [0.15, 0.2) is 0 Å². The highest BCUT2D eigenvalue weighted by Gasteiger charge is 2.59. The number of morpholine rings is 1. The minimum atomic E-state index is -0.368. The summed E-state index contributed by atoms with van der Waals surface area (Å²) in [5.74, 6) is 2.32. The van der Waals surface area contributed by atoms with Gasteiger partial charge >= 0.3 is 0 Å². The summed E-state index contributed by atoms with van der Waals surface area (Å²) < 4.78 is 24.5. The van der Waals surface area contributed by atoms with Crippen molar-refractivity contribution in [3.8, 4) is 5.75 Å². The van der Waals surface area contributed by atoms with Crippen LogP contribution >= 0.6 is 0 Å². The molecule has 6 fully saturated rings. The van der Waals surface area contributed by atoms with Crippen LogP contribution < -0.4 is 15.4 Å². The Bertz CT molecular complexity index is 1380. The van der Waals surface area contributed by atoms with Crippen LogP contribution in [0.5, 0.6) is 5.75 Å². The number of amides is 2. The van der Waals surface area contributed by atoms with Crippen LogP contribution in [-0.2, 0) is 19.3 Å². The molecular formula is C39H52FN3O6. The largest absolute Gasteiger partial charge is 0.492 e. The van der Waals surface area contributed by atoms with Gasteiger partial charge in [0, 0.05) is 38.3 Å². The molecule has 5 saturated carbocycles. The molecule has 1 saturated heterocycles. The summed E-state index contributed by atoms with van der Waals surface area (Å²) in [5.41, 5.74) is 1.49. The zero-order chi connectivity index (χ0) is 33.6. The highest BCUT2D eigenvalue weighted by Crippen LogP contribution is 2.61. The summed E-state index contributed by atoms with van der Waals surface area (Å²) in [6, 6.07) is 14.2. The first-order valence-electron chi connectivity index (χ1n) is 18.6. The number of benzene rings is 2. The molecule has 10 heteroatoms. The van der Waals surface area contributed by atoms with Gasteiger partial charge in [0.25, 0.3) is 5.91 Å². The molecular weight excluding hydrogens is 625 g/mol. The maximum Gasteiger partial charge on any atom is 0.251 e. The molecule has 2 N–H and O–H groups in total. The number of carbonyl (C=O) groups excluding carboxylic acids is 2. The van der Waals surface area contributed by atoms with Gasteiger partial charge in [-0.1, -0.05) is 12.1 Å². The summed E-state index contributed by atoms with van der Waals surface area (Å²) in [6.07, 6.45) is 9.92. The summed E-state index contributed by atoms with van der Waals surface area (Å²) in [6.45, 7) is 6.19. The topological polar surface area (TPSA) is 98.4 Å². The van der Waals surface area contributed by atoms with E-state index < -0.39 is 0 Å². The van der Waals surface area contributed by atoms with Crippen LogP contribution in [0.15, 0.2) is 48.5 Å². The van der Waals surface area contributed by atoms with E-state index >= 15 is 0 Å². The Balaban J connectivity index is 0.802. The second-order valence-electron chi connectivity index (χ2n) is 15.1. The molecule has 4 bridgehead atoms. The van der Waals surface area contributed by atoms with E-state index in [9.17, 15) is 14.0 Å². The van der Waals surface area contributed by atoms with E-state index in [4.69, 9.17) is 19.2 Å². The predicted molar refractivity (Wildman–Crippen MR) is 182 cm³/mol. The molecule has 0 spiro atoms. The molecule has 1 aliphatic heterocycles. The highest BCUT2D eigenvalue weighted by molar-refractivity contribution is 5.94. The fourth-order valence-electron chi connectivity index (χ4n) is 9.38. The van der Waals surface area contributed by atoms with Crippen molar-refractivity contribution < 1.29 is 33.2 Å². The Hall–Kier alpha value is -3.05. The molecule has 6 aliphatic rings. The van der Waals surface area contributed by atoms with E-state index in [1.54, 1.807) is 0 Å². The number of nitrogens with one attached hydrogen (secondary N) is 2. The molecule has 2 unspecified atom stereocenters. The number of carbonyl (C=O) groups is 2. The zero-order valence-corrected chi connectivity index (χ0v) is 28.6. The van der Waals surface area contributed by atoms with E-state index in [1.807, 2.05) is 0 Å². The number of hydrogen-bond acceptors (Lipinski definition) is 7. The lowest BCUT2D eigenvalue weighted by Crippen LogP contribution is -2.59. The van der Waals surface area contributed by atoms with Crippen molar-refractivity contribution in [1.29, 1.82) is 0 Å². The summed E-state index contributed by atoms with van der Waals surface area (Å²) in [7, 11) is 0. The smallest absolute Gasteiger partial charge is 0.251 e. The Kier molecular flexibility index (Phi) is 11.1. The van der Waals surface area contributed by atoms with Crippen LogP contribution in [0.25, 0.3) is 0 Å². The van der Waals surface area contributed by atoms with Crippen molar-refractivity contribution >= 4 is 11.8 Å². The fraction of sp³-hybridized carbons (Fsp3) is 0.641. The predicted octanol–water partition coefficient (Wildman–Crippen LogP) is 5.64. The van der Waals surface area contributed by atoms with Crippen LogP contribution in [0, 0.1) is 29.0 Å². The van der Waals surface area contributed by atoms with Crippen molar-refractivity contribution in [3.63, 3.8) is 0 Å². The number of hydrogen-bond donors (Lipinski definition) is 2. The molecule has 2 aromatic carbocycles. The molecule has 2 amide bonds. The second kappa shape index (κ2) is 15.9. The average Bonchev–Trinajstić information content (AvgIpc) is 3.12. The molecule has 0 aromatic heterocycles. The average molecular weight is 678 g/mol. The van der Waals surface area contributed by atoms with Gasteiger partial charge in [0.05, 0.1) is 30.8 Å². The van der Waals surface area contributed by atoms with Crippen molar-refractivity contribution in [2.45, 2.75) is 82.3 Å². The molecule has 1 heterocycles. The molecule has 0 radical (unpaired) electrons. The van der Waals surface area contributed by atoms with E-state index in [1.165, 1.54) is 29.8 Å². The molecule has 9 nitrogen and oxygen atoms in total. The van der Waals surface area contributed by atoms with Crippen LogP contribution in [0.2, 0.25) is 0 Å². The zero-order valence-electron chi connectivity index (χ0n) is 28.6. The summed E-state index contributed by atoms with van der Waals surface area (Å²) >= 11 is 0. The van der Waals surface area contributed by atoms with Gasteiger partial charge in [-0.2, -0.15) is 0 Å². The molecule has 2 atom stereocenters. The number of rotatable bonds is 14. The first-order valence-corrected chi connectivity index (χ1v) is 18.6. The summed E-state index contributed by atoms with van der Waals surface area (Å²) in [4.78, 5) is 40.6. The standard InChI is InChI=1S/C39H52FN3O6/c40-33-8-2-30(3-9-33)37(44)41-14-1-15-42-38(45)39-24-27-22-31(25-39)36(32(23-27)26-39)49-48-35-12-6-29(7-13-35)28-4-10-34(11-5-28)47-21-18-43-16-19-46-20-17-43/h2-5,8-11,27,29,31-32,35-36H,1,6-7,12-26H2,(H,41,44)(H,42,45). The van der Waals surface area contributed by atoms with Crippen molar-refractivity contribution in [2.24, 2.45) is 23.2 Å². The third-order valence-electron chi connectivity index (χ3n) is 11.8. The minimum absolute atomic E-state index is 0.0765. The van der Waals surface area contributed by atoms with E-state index in [0.717, 1.165) is 96.4 Å². The SMILES string of the molecule is O=C(NCCCNC(=O)C12CC3CC(C1)C(OOC1CCC(c4ccc(OCCN5CCOCC5)cc4)CC1)C(C3)C2)c1ccc(F)cc1. The van der Waals surface area contributed by atoms with Gasteiger partial charge < -0.3 is 20.1 Å². The third-order valence-corrected chi connectivity index (χ3v) is 11.8. The normalized spacial score (nSPS) is 31.0. The van der Waals surface area contributed by atoms with Crippen molar-refractivity contribution in [3.05, 3.63) is 65.5 Å². The van der Waals surface area contributed by atoms with E-state index in [2.05, 4.69) is 39.8 Å². The monoisotopic (exact) mass is 677 g/mol. The van der Waals surface area contributed by atoms with E-state index in [0.29, 0.717) is 55.4 Å². The Labute approximate surface area is 289 Å². The van der Waals surface area contributed by atoms with Crippen LogP contribution in [0.4, 0.5) is 4.39 Å². The van der Waals surface area contributed by atoms with Gasteiger partial charge in [0.2, 0.25) is 5.91 Å². The minimum Gasteiger partial charge on any atom is -0.492 e. The fourth-order valence-corrected chi connectivity index (χ4v) is 9.38. The lowest BCUT2D eigenvalue weighted by atomic mass is 9.48. The molecule has 8 rings (SSSR count). The molecule has 266 valence electrons. The maximum absolute atomic E-state index is 13.5. The van der Waals surface area contributed by atoms with Gasteiger partial charge in [0.1, 0.15) is 18.2 Å². The number of halogens is 1. The highest BCUT2D eigenvalue weighted by atomic mass is 19.1. The lowest BCUT2D eigenvalue weighted by molar-refractivity contribution is -0.386. The lowest BCUT2D eigenvalue weighted by Gasteiger charge is -2.58. The summed E-state index contributed by atoms with van der Waals surface area (Å²) in [5, 5.41) is 6.03. The Morgan fingerprint density at radius 1 is 0.857 bits per heavy atom.